The normalized spacial score (nSPS) is 12.1. The molecular weight excluding hydrogens is 272 g/mol. The van der Waals surface area contributed by atoms with Crippen molar-refractivity contribution in [3.63, 3.8) is 0 Å². The molecule has 0 saturated heterocycles. The van der Waals surface area contributed by atoms with Gasteiger partial charge >= 0.3 is 12.0 Å². The molecule has 0 aliphatic rings. The van der Waals surface area contributed by atoms with Gasteiger partial charge in [-0.1, -0.05) is 13.8 Å². The monoisotopic (exact) mass is 294 g/mol. The lowest BCUT2D eigenvalue weighted by molar-refractivity contribution is -0.140. The van der Waals surface area contributed by atoms with Gasteiger partial charge in [-0.05, 0) is 44.0 Å². The van der Waals surface area contributed by atoms with Gasteiger partial charge in [0.2, 0.25) is 0 Å². The zero-order valence-electron chi connectivity index (χ0n) is 12.7. The van der Waals surface area contributed by atoms with Crippen molar-refractivity contribution < 1.29 is 19.4 Å². The van der Waals surface area contributed by atoms with E-state index in [1.165, 1.54) is 0 Å². The Bertz CT molecular complexity index is 483. The predicted molar refractivity (Wildman–Crippen MR) is 80.6 cm³/mol. The average molecular weight is 294 g/mol. The molecule has 2 amide bonds. The van der Waals surface area contributed by atoms with Gasteiger partial charge in [0.15, 0.2) is 0 Å². The van der Waals surface area contributed by atoms with Crippen molar-refractivity contribution in [2.75, 3.05) is 5.32 Å². The summed E-state index contributed by atoms with van der Waals surface area (Å²) in [4.78, 5) is 22.8. The summed E-state index contributed by atoms with van der Waals surface area (Å²) in [7, 11) is 0. The number of ether oxygens (including phenoxy) is 1. The van der Waals surface area contributed by atoms with Crippen LogP contribution in [0.5, 0.6) is 5.75 Å². The number of benzene rings is 1. The van der Waals surface area contributed by atoms with Crippen LogP contribution in [0.3, 0.4) is 0 Å². The van der Waals surface area contributed by atoms with E-state index >= 15 is 0 Å². The van der Waals surface area contributed by atoms with E-state index in [1.54, 1.807) is 38.1 Å². The molecule has 0 heterocycles. The van der Waals surface area contributed by atoms with E-state index in [0.717, 1.165) is 0 Å². The van der Waals surface area contributed by atoms with Gasteiger partial charge in [-0.25, -0.2) is 9.59 Å². The number of amides is 2. The molecular formula is C15H22N2O4. The Morgan fingerprint density at radius 1 is 1.10 bits per heavy atom. The molecule has 1 aromatic carbocycles. The number of rotatable bonds is 6. The first-order valence-electron chi connectivity index (χ1n) is 6.86. The van der Waals surface area contributed by atoms with Crippen LogP contribution in [0.2, 0.25) is 0 Å². The van der Waals surface area contributed by atoms with Crippen LogP contribution in [-0.2, 0) is 4.79 Å². The Morgan fingerprint density at radius 2 is 1.67 bits per heavy atom. The molecule has 3 N–H and O–H groups in total. The van der Waals surface area contributed by atoms with E-state index in [9.17, 15) is 9.59 Å². The van der Waals surface area contributed by atoms with Crippen molar-refractivity contribution in [2.24, 2.45) is 5.92 Å². The quantitative estimate of drug-likeness (QED) is 0.752. The van der Waals surface area contributed by atoms with Gasteiger partial charge in [0.25, 0.3) is 0 Å². The maximum Gasteiger partial charge on any atom is 0.326 e. The number of carboxylic acids is 1. The van der Waals surface area contributed by atoms with Crippen molar-refractivity contribution in [3.8, 4) is 5.75 Å². The van der Waals surface area contributed by atoms with Gasteiger partial charge in [-0.3, -0.25) is 0 Å². The van der Waals surface area contributed by atoms with E-state index in [4.69, 9.17) is 9.84 Å². The smallest absolute Gasteiger partial charge is 0.326 e. The van der Waals surface area contributed by atoms with E-state index in [-0.39, 0.29) is 12.0 Å². The first-order valence-corrected chi connectivity index (χ1v) is 6.86. The second-order valence-corrected chi connectivity index (χ2v) is 5.35. The van der Waals surface area contributed by atoms with Gasteiger partial charge in [0.05, 0.1) is 6.10 Å². The van der Waals surface area contributed by atoms with Crippen LogP contribution >= 0.6 is 0 Å². The fourth-order valence-corrected chi connectivity index (χ4v) is 1.71. The van der Waals surface area contributed by atoms with Crippen LogP contribution in [0.15, 0.2) is 24.3 Å². The minimum atomic E-state index is -1.05. The summed E-state index contributed by atoms with van der Waals surface area (Å²) in [5.74, 6) is -0.544. The summed E-state index contributed by atoms with van der Waals surface area (Å²) in [6.45, 7) is 7.32. The van der Waals surface area contributed by atoms with E-state index in [2.05, 4.69) is 10.6 Å². The van der Waals surface area contributed by atoms with Crippen LogP contribution in [0, 0.1) is 5.92 Å². The SMILES string of the molecule is CC(C)Oc1ccc(NC(=O)N[C@@H](C(=O)O)C(C)C)cc1. The number of carboxylic acid groups (broad SMARTS) is 1. The fraction of sp³-hybridized carbons (Fsp3) is 0.467. The highest BCUT2D eigenvalue weighted by Gasteiger charge is 2.23. The highest BCUT2D eigenvalue weighted by Crippen LogP contribution is 2.16. The molecule has 0 bridgehead atoms. The molecule has 1 rings (SSSR count). The van der Waals surface area contributed by atoms with Crippen LogP contribution in [0.4, 0.5) is 10.5 Å². The van der Waals surface area contributed by atoms with Gasteiger partial charge in [0.1, 0.15) is 11.8 Å². The van der Waals surface area contributed by atoms with Crippen molar-refractivity contribution in [2.45, 2.75) is 39.8 Å². The number of urea groups is 1. The van der Waals surface area contributed by atoms with Gasteiger partial charge < -0.3 is 20.5 Å². The minimum Gasteiger partial charge on any atom is -0.491 e. The first kappa shape index (κ1) is 16.8. The van der Waals surface area contributed by atoms with Crippen LogP contribution < -0.4 is 15.4 Å². The molecule has 6 nitrogen and oxygen atoms in total. The molecule has 0 aliphatic heterocycles. The Hall–Kier alpha value is -2.24. The molecule has 116 valence electrons. The molecule has 0 unspecified atom stereocenters. The van der Waals surface area contributed by atoms with Crippen LogP contribution in [0.25, 0.3) is 0 Å². The average Bonchev–Trinajstić information content (AvgIpc) is 2.37. The van der Waals surface area contributed by atoms with Gasteiger partial charge in [-0.15, -0.1) is 0 Å². The Balaban J connectivity index is 2.60. The van der Waals surface area contributed by atoms with E-state index in [0.29, 0.717) is 11.4 Å². The third-order valence-corrected chi connectivity index (χ3v) is 2.70. The van der Waals surface area contributed by atoms with Crippen LogP contribution in [0.1, 0.15) is 27.7 Å². The summed E-state index contributed by atoms with van der Waals surface area (Å²) < 4.78 is 5.50. The number of hydrogen-bond donors (Lipinski definition) is 3. The second kappa shape index (κ2) is 7.52. The number of carbonyl (C=O) groups excluding carboxylic acids is 1. The molecule has 0 aliphatic carbocycles. The number of nitrogens with one attached hydrogen (secondary N) is 2. The Kier molecular flexibility index (Phi) is 6.02. The lowest BCUT2D eigenvalue weighted by Crippen LogP contribution is -2.46. The fourth-order valence-electron chi connectivity index (χ4n) is 1.71. The molecule has 0 aromatic heterocycles. The van der Waals surface area contributed by atoms with Crippen molar-refractivity contribution >= 4 is 17.7 Å². The number of carbonyl (C=O) groups is 2. The number of aliphatic carboxylic acids is 1. The highest BCUT2D eigenvalue weighted by atomic mass is 16.5. The molecule has 0 saturated carbocycles. The third kappa shape index (κ3) is 5.72. The summed E-state index contributed by atoms with van der Waals surface area (Å²) >= 11 is 0. The van der Waals surface area contributed by atoms with Gasteiger partial charge in [-0.2, -0.15) is 0 Å². The van der Waals surface area contributed by atoms with Crippen molar-refractivity contribution in [3.05, 3.63) is 24.3 Å². The second-order valence-electron chi connectivity index (χ2n) is 5.35. The van der Waals surface area contributed by atoms with Crippen molar-refractivity contribution in [1.82, 2.24) is 5.32 Å². The summed E-state index contributed by atoms with van der Waals surface area (Å²) in [5.41, 5.74) is 0.566. The molecule has 1 aromatic rings. The first-order chi connectivity index (χ1) is 9.79. The topological polar surface area (TPSA) is 87.7 Å². The molecule has 0 spiro atoms. The molecule has 6 heteroatoms. The third-order valence-electron chi connectivity index (χ3n) is 2.70. The van der Waals surface area contributed by atoms with E-state index in [1.807, 2.05) is 13.8 Å². The Labute approximate surface area is 124 Å². The van der Waals surface area contributed by atoms with Crippen LogP contribution in [-0.4, -0.2) is 29.3 Å². The predicted octanol–water partition coefficient (Wildman–Crippen LogP) is 2.70. The molecule has 1 atom stereocenters. The maximum absolute atomic E-state index is 11.8. The molecule has 0 fully saturated rings. The van der Waals surface area contributed by atoms with Gasteiger partial charge in [0, 0.05) is 5.69 Å². The molecule has 21 heavy (non-hydrogen) atoms. The lowest BCUT2D eigenvalue weighted by Gasteiger charge is -2.18. The zero-order valence-corrected chi connectivity index (χ0v) is 12.7. The zero-order chi connectivity index (χ0) is 16.0. The Morgan fingerprint density at radius 3 is 2.10 bits per heavy atom. The lowest BCUT2D eigenvalue weighted by atomic mass is 10.1. The summed E-state index contributed by atoms with van der Waals surface area (Å²) in [5, 5.41) is 14.0. The summed E-state index contributed by atoms with van der Waals surface area (Å²) in [6, 6.07) is 5.41. The summed E-state index contributed by atoms with van der Waals surface area (Å²) in [6.07, 6.45) is 0.0782. The molecule has 0 radical (unpaired) electrons. The standard InChI is InChI=1S/C15H22N2O4/c1-9(2)13(14(18)19)17-15(20)16-11-5-7-12(8-6-11)21-10(3)4/h5-10,13H,1-4H3,(H,18,19)(H2,16,17,20)/t13-/m1/s1. The highest BCUT2D eigenvalue weighted by molar-refractivity contribution is 5.92. The number of hydrogen-bond acceptors (Lipinski definition) is 3. The largest absolute Gasteiger partial charge is 0.491 e. The maximum atomic E-state index is 11.8. The minimum absolute atomic E-state index is 0.0782. The van der Waals surface area contributed by atoms with E-state index < -0.39 is 18.0 Å². The number of anilines is 1. The van der Waals surface area contributed by atoms with Crippen molar-refractivity contribution in [1.29, 1.82) is 0 Å².